The Morgan fingerprint density at radius 1 is 1.46 bits per heavy atom. The van der Waals surface area contributed by atoms with Gasteiger partial charge < -0.3 is 16.2 Å². The third-order valence-corrected chi connectivity index (χ3v) is 1.88. The summed E-state index contributed by atoms with van der Waals surface area (Å²) < 4.78 is 4.99. The summed E-state index contributed by atoms with van der Waals surface area (Å²) in [7, 11) is 1.46. The molecular weight excluding hydrogens is 168 g/mol. The van der Waals surface area contributed by atoms with Crippen LogP contribution in [-0.4, -0.2) is 13.0 Å². The van der Waals surface area contributed by atoms with Crippen molar-refractivity contribution in [3.05, 3.63) is 23.3 Å². The summed E-state index contributed by atoms with van der Waals surface area (Å²) in [6.45, 7) is 1.84. The zero-order valence-corrected chi connectivity index (χ0v) is 7.63. The van der Waals surface area contributed by atoms with Crippen LogP contribution in [0.2, 0.25) is 0 Å². The van der Waals surface area contributed by atoms with E-state index in [1.165, 1.54) is 7.11 Å². The van der Waals surface area contributed by atoms with Gasteiger partial charge >= 0.3 is 0 Å². The van der Waals surface area contributed by atoms with Gasteiger partial charge in [0.2, 0.25) is 0 Å². The van der Waals surface area contributed by atoms with Crippen molar-refractivity contribution in [3.8, 4) is 5.75 Å². The van der Waals surface area contributed by atoms with Crippen LogP contribution < -0.4 is 16.2 Å². The number of hydrogen-bond acceptors (Lipinski definition) is 3. The minimum absolute atomic E-state index is 0.311. The molecule has 0 unspecified atom stereocenters. The molecule has 1 aromatic carbocycles. The van der Waals surface area contributed by atoms with E-state index >= 15 is 0 Å². The molecule has 0 spiro atoms. The fourth-order valence-electron chi connectivity index (χ4n) is 1.11. The van der Waals surface area contributed by atoms with E-state index in [2.05, 4.69) is 0 Å². The van der Waals surface area contributed by atoms with E-state index in [0.717, 1.165) is 5.56 Å². The molecule has 4 nitrogen and oxygen atoms in total. The van der Waals surface area contributed by atoms with E-state index in [0.29, 0.717) is 17.0 Å². The molecule has 0 fully saturated rings. The van der Waals surface area contributed by atoms with Gasteiger partial charge in [-0.2, -0.15) is 0 Å². The first-order valence-electron chi connectivity index (χ1n) is 3.80. The topological polar surface area (TPSA) is 78.3 Å². The molecule has 0 radical (unpaired) electrons. The summed E-state index contributed by atoms with van der Waals surface area (Å²) in [4.78, 5) is 10.9. The van der Waals surface area contributed by atoms with Crippen molar-refractivity contribution in [1.82, 2.24) is 0 Å². The van der Waals surface area contributed by atoms with Gasteiger partial charge in [-0.05, 0) is 18.6 Å². The SMILES string of the molecule is COc1c(C(N)=O)ccc(C)c1N. The number of rotatable bonds is 2. The molecule has 0 heterocycles. The fraction of sp³-hybridized carbons (Fsp3) is 0.222. The molecule has 1 rings (SSSR count). The molecule has 4 N–H and O–H groups in total. The molecule has 13 heavy (non-hydrogen) atoms. The second-order valence-corrected chi connectivity index (χ2v) is 2.74. The zero-order chi connectivity index (χ0) is 10.0. The number of amides is 1. The molecule has 0 aromatic heterocycles. The number of hydrogen-bond donors (Lipinski definition) is 2. The van der Waals surface area contributed by atoms with Crippen LogP contribution in [0.15, 0.2) is 12.1 Å². The number of carbonyl (C=O) groups is 1. The van der Waals surface area contributed by atoms with Gasteiger partial charge in [-0.1, -0.05) is 6.07 Å². The third kappa shape index (κ3) is 1.56. The lowest BCUT2D eigenvalue weighted by molar-refractivity contribution is 0.0997. The smallest absolute Gasteiger partial charge is 0.252 e. The summed E-state index contributed by atoms with van der Waals surface area (Å²) >= 11 is 0. The van der Waals surface area contributed by atoms with Gasteiger partial charge in [0, 0.05) is 0 Å². The van der Waals surface area contributed by atoms with Crippen molar-refractivity contribution in [1.29, 1.82) is 0 Å². The van der Waals surface area contributed by atoms with Crippen molar-refractivity contribution in [2.24, 2.45) is 5.73 Å². The molecular formula is C9H12N2O2. The maximum atomic E-state index is 10.9. The first kappa shape index (κ1) is 9.38. The molecule has 0 saturated carbocycles. The van der Waals surface area contributed by atoms with E-state index in [9.17, 15) is 4.79 Å². The number of methoxy groups -OCH3 is 1. The van der Waals surface area contributed by atoms with Gasteiger partial charge in [0.1, 0.15) is 0 Å². The van der Waals surface area contributed by atoms with Crippen LogP contribution in [-0.2, 0) is 0 Å². The molecule has 70 valence electrons. The Morgan fingerprint density at radius 2 is 2.08 bits per heavy atom. The number of benzene rings is 1. The Bertz CT molecular complexity index is 348. The standard InChI is InChI=1S/C9H12N2O2/c1-5-3-4-6(9(11)12)8(13-2)7(5)10/h3-4H,10H2,1-2H3,(H2,11,12). The first-order chi connectivity index (χ1) is 6.07. The summed E-state index contributed by atoms with van der Waals surface area (Å²) in [5.74, 6) is -0.184. The number of aryl methyl sites for hydroxylation is 1. The fourth-order valence-corrected chi connectivity index (χ4v) is 1.11. The molecule has 0 aliphatic heterocycles. The van der Waals surface area contributed by atoms with Crippen LogP contribution >= 0.6 is 0 Å². The lowest BCUT2D eigenvalue weighted by Crippen LogP contribution is -2.13. The Morgan fingerprint density at radius 3 is 2.54 bits per heavy atom. The lowest BCUT2D eigenvalue weighted by Gasteiger charge is -2.10. The summed E-state index contributed by atoms with van der Waals surface area (Å²) in [5, 5.41) is 0. The molecule has 0 aliphatic rings. The largest absolute Gasteiger partial charge is 0.494 e. The number of ether oxygens (including phenoxy) is 1. The molecule has 0 atom stereocenters. The van der Waals surface area contributed by atoms with Crippen LogP contribution in [0.1, 0.15) is 15.9 Å². The Hall–Kier alpha value is -1.71. The summed E-state index contributed by atoms with van der Waals surface area (Å²) in [5.41, 5.74) is 12.5. The lowest BCUT2D eigenvalue weighted by atomic mass is 10.1. The van der Waals surface area contributed by atoms with Crippen LogP contribution in [0.4, 0.5) is 5.69 Å². The van der Waals surface area contributed by atoms with Gasteiger partial charge in [-0.25, -0.2) is 0 Å². The van der Waals surface area contributed by atoms with Crippen molar-refractivity contribution < 1.29 is 9.53 Å². The summed E-state index contributed by atoms with van der Waals surface area (Å²) in [6.07, 6.45) is 0. The number of anilines is 1. The third-order valence-electron chi connectivity index (χ3n) is 1.88. The first-order valence-corrected chi connectivity index (χ1v) is 3.80. The van der Waals surface area contributed by atoms with E-state index in [1.54, 1.807) is 12.1 Å². The van der Waals surface area contributed by atoms with Crippen molar-refractivity contribution in [2.45, 2.75) is 6.92 Å². The molecule has 0 saturated heterocycles. The normalized spacial score (nSPS) is 9.69. The molecule has 4 heteroatoms. The average Bonchev–Trinajstić information content (AvgIpc) is 2.09. The Labute approximate surface area is 76.5 Å². The quantitative estimate of drug-likeness (QED) is 0.657. The number of carbonyl (C=O) groups excluding carboxylic acids is 1. The van der Waals surface area contributed by atoms with Gasteiger partial charge in [0.15, 0.2) is 5.75 Å². The summed E-state index contributed by atoms with van der Waals surface area (Å²) in [6, 6.07) is 3.34. The van der Waals surface area contributed by atoms with E-state index in [-0.39, 0.29) is 0 Å². The second kappa shape index (κ2) is 3.35. The highest BCUT2D eigenvalue weighted by atomic mass is 16.5. The predicted octanol–water partition coefficient (Wildman–Crippen LogP) is 0.685. The molecule has 0 aliphatic carbocycles. The van der Waals surface area contributed by atoms with Crippen LogP contribution in [0.3, 0.4) is 0 Å². The highest BCUT2D eigenvalue weighted by molar-refractivity contribution is 5.97. The number of nitrogen functional groups attached to an aromatic ring is 1. The maximum Gasteiger partial charge on any atom is 0.252 e. The number of primary amides is 1. The second-order valence-electron chi connectivity index (χ2n) is 2.74. The minimum Gasteiger partial charge on any atom is -0.494 e. The van der Waals surface area contributed by atoms with Crippen LogP contribution in [0.5, 0.6) is 5.75 Å². The van der Waals surface area contributed by atoms with Gasteiger partial charge in [-0.3, -0.25) is 4.79 Å². The highest BCUT2D eigenvalue weighted by Crippen LogP contribution is 2.28. The van der Waals surface area contributed by atoms with E-state index in [1.807, 2.05) is 6.92 Å². The maximum absolute atomic E-state index is 10.9. The minimum atomic E-state index is -0.538. The van der Waals surface area contributed by atoms with Gasteiger partial charge in [0.05, 0.1) is 18.4 Å². The Balaban J connectivity index is 3.38. The van der Waals surface area contributed by atoms with Crippen LogP contribution in [0.25, 0.3) is 0 Å². The average molecular weight is 180 g/mol. The van der Waals surface area contributed by atoms with Crippen molar-refractivity contribution in [3.63, 3.8) is 0 Å². The number of nitrogens with two attached hydrogens (primary N) is 2. The zero-order valence-electron chi connectivity index (χ0n) is 7.63. The Kier molecular flexibility index (Phi) is 2.41. The van der Waals surface area contributed by atoms with Gasteiger partial charge in [0.25, 0.3) is 5.91 Å². The van der Waals surface area contributed by atoms with E-state index in [4.69, 9.17) is 16.2 Å². The molecule has 1 aromatic rings. The van der Waals surface area contributed by atoms with E-state index < -0.39 is 5.91 Å². The predicted molar refractivity (Wildman–Crippen MR) is 50.7 cm³/mol. The van der Waals surface area contributed by atoms with Crippen molar-refractivity contribution >= 4 is 11.6 Å². The van der Waals surface area contributed by atoms with Crippen LogP contribution in [0, 0.1) is 6.92 Å². The van der Waals surface area contributed by atoms with Gasteiger partial charge in [-0.15, -0.1) is 0 Å². The molecule has 1 amide bonds. The highest BCUT2D eigenvalue weighted by Gasteiger charge is 2.12. The van der Waals surface area contributed by atoms with Crippen molar-refractivity contribution in [2.75, 3.05) is 12.8 Å². The molecule has 0 bridgehead atoms. The monoisotopic (exact) mass is 180 g/mol.